The number of ether oxygens (including phenoxy) is 1. The van der Waals surface area contributed by atoms with Gasteiger partial charge in [-0.3, -0.25) is 0 Å². The molecule has 3 rings (SSSR count). The number of hydrogen-bond donors (Lipinski definition) is 1. The zero-order valence-electron chi connectivity index (χ0n) is 10.7. The minimum Gasteiger partial charge on any atom is -0.381 e. The van der Waals surface area contributed by atoms with Crippen molar-refractivity contribution in [1.82, 2.24) is 4.98 Å². The largest absolute Gasteiger partial charge is 0.381 e. The van der Waals surface area contributed by atoms with Crippen molar-refractivity contribution in [2.24, 2.45) is 11.7 Å². The van der Waals surface area contributed by atoms with Gasteiger partial charge in [0, 0.05) is 30.2 Å². The van der Waals surface area contributed by atoms with Gasteiger partial charge in [-0.05, 0) is 30.9 Å². The van der Waals surface area contributed by atoms with Crippen molar-refractivity contribution in [2.45, 2.75) is 18.9 Å². The molecular formula is C15H17ClN2O. The summed E-state index contributed by atoms with van der Waals surface area (Å²) < 4.78 is 5.38. The molecule has 19 heavy (non-hydrogen) atoms. The van der Waals surface area contributed by atoms with Crippen LogP contribution in [0.15, 0.2) is 30.3 Å². The van der Waals surface area contributed by atoms with Crippen molar-refractivity contribution in [3.8, 4) is 0 Å². The normalized spacial score (nSPS) is 18.6. The third-order valence-electron chi connectivity index (χ3n) is 3.84. The van der Waals surface area contributed by atoms with Crippen LogP contribution in [0, 0.1) is 5.92 Å². The molecule has 1 fully saturated rings. The molecule has 1 atom stereocenters. The lowest BCUT2D eigenvalue weighted by atomic mass is 9.88. The first-order chi connectivity index (χ1) is 9.25. The first-order valence-electron chi connectivity index (χ1n) is 6.64. The average molecular weight is 277 g/mol. The number of nitrogens with two attached hydrogens (primary N) is 1. The molecule has 1 aromatic carbocycles. The smallest absolute Gasteiger partial charge is 0.134 e. The van der Waals surface area contributed by atoms with Crippen LogP contribution in [-0.2, 0) is 4.74 Å². The van der Waals surface area contributed by atoms with Crippen LogP contribution in [0.4, 0.5) is 0 Å². The Labute approximate surface area is 117 Å². The highest BCUT2D eigenvalue weighted by molar-refractivity contribution is 6.30. The van der Waals surface area contributed by atoms with E-state index in [1.807, 2.05) is 24.3 Å². The zero-order valence-corrected chi connectivity index (χ0v) is 11.4. The summed E-state index contributed by atoms with van der Waals surface area (Å²) in [6.45, 7) is 1.58. The molecule has 0 saturated carbocycles. The summed E-state index contributed by atoms with van der Waals surface area (Å²) in [7, 11) is 0. The minimum absolute atomic E-state index is 0.0616. The van der Waals surface area contributed by atoms with Gasteiger partial charge < -0.3 is 10.5 Å². The van der Waals surface area contributed by atoms with E-state index in [2.05, 4.69) is 11.1 Å². The number of benzene rings is 1. The molecule has 1 aliphatic rings. The molecule has 0 radical (unpaired) electrons. The molecule has 0 aliphatic carbocycles. The lowest BCUT2D eigenvalue weighted by molar-refractivity contribution is 0.0583. The molecule has 2 N–H and O–H groups in total. The Hall–Kier alpha value is -1.16. The van der Waals surface area contributed by atoms with Crippen molar-refractivity contribution >= 4 is 22.5 Å². The van der Waals surface area contributed by atoms with Crippen LogP contribution in [0.2, 0.25) is 5.15 Å². The van der Waals surface area contributed by atoms with Crippen molar-refractivity contribution in [1.29, 1.82) is 0 Å². The average Bonchev–Trinajstić information content (AvgIpc) is 2.47. The van der Waals surface area contributed by atoms with Crippen molar-refractivity contribution < 1.29 is 4.74 Å². The zero-order chi connectivity index (χ0) is 13.2. The molecule has 0 bridgehead atoms. The number of hydrogen-bond acceptors (Lipinski definition) is 3. The van der Waals surface area contributed by atoms with Gasteiger partial charge in [0.2, 0.25) is 0 Å². The minimum atomic E-state index is -0.0616. The van der Waals surface area contributed by atoms with Gasteiger partial charge in [0.15, 0.2) is 0 Å². The van der Waals surface area contributed by atoms with Crippen LogP contribution in [0.5, 0.6) is 0 Å². The van der Waals surface area contributed by atoms with E-state index < -0.39 is 0 Å². The molecule has 100 valence electrons. The molecule has 2 aromatic rings. The second kappa shape index (κ2) is 5.45. The molecule has 0 unspecified atom stereocenters. The van der Waals surface area contributed by atoms with Gasteiger partial charge in [0.05, 0.1) is 5.52 Å². The molecule has 0 spiro atoms. The van der Waals surface area contributed by atoms with Crippen LogP contribution in [0.3, 0.4) is 0 Å². The molecule has 2 heterocycles. The summed E-state index contributed by atoms with van der Waals surface area (Å²) in [4.78, 5) is 4.45. The number of halogens is 1. The Morgan fingerprint density at radius 2 is 2.00 bits per heavy atom. The van der Waals surface area contributed by atoms with Gasteiger partial charge in [-0.2, -0.15) is 0 Å². The van der Waals surface area contributed by atoms with E-state index in [9.17, 15) is 0 Å². The number of para-hydroxylation sites is 1. The maximum absolute atomic E-state index is 6.38. The standard InChI is InChI=1S/C15H17ClN2O/c16-15-12(14(17)10-5-7-19-8-6-10)9-11-3-1-2-4-13(11)18-15/h1-4,9-10,14H,5-8,17H2/t14-/m1/s1. The first kappa shape index (κ1) is 12.9. The number of nitrogens with zero attached hydrogens (tertiary/aromatic N) is 1. The van der Waals surface area contributed by atoms with Crippen LogP contribution in [0.25, 0.3) is 10.9 Å². The molecule has 3 nitrogen and oxygen atoms in total. The summed E-state index contributed by atoms with van der Waals surface area (Å²) in [5.41, 5.74) is 8.25. The molecule has 1 aromatic heterocycles. The van der Waals surface area contributed by atoms with E-state index in [4.69, 9.17) is 22.1 Å². The predicted molar refractivity (Wildman–Crippen MR) is 77.2 cm³/mol. The molecule has 0 amide bonds. The Morgan fingerprint density at radius 3 is 2.79 bits per heavy atom. The number of aromatic nitrogens is 1. The SMILES string of the molecule is N[C@@H](c1cc2ccccc2nc1Cl)C1CCOCC1. The summed E-state index contributed by atoms with van der Waals surface area (Å²) in [5, 5.41) is 1.61. The summed E-state index contributed by atoms with van der Waals surface area (Å²) in [6, 6.07) is 9.98. The molecular weight excluding hydrogens is 260 g/mol. The Bertz CT molecular complexity index is 581. The van der Waals surface area contributed by atoms with Crippen LogP contribution < -0.4 is 5.73 Å². The second-order valence-electron chi connectivity index (χ2n) is 5.04. The van der Waals surface area contributed by atoms with Gasteiger partial charge in [0.25, 0.3) is 0 Å². The fourth-order valence-corrected chi connectivity index (χ4v) is 2.94. The Balaban J connectivity index is 1.96. The number of rotatable bonds is 2. The van der Waals surface area contributed by atoms with Crippen molar-refractivity contribution in [3.63, 3.8) is 0 Å². The Kier molecular flexibility index (Phi) is 3.69. The van der Waals surface area contributed by atoms with Crippen molar-refractivity contribution in [3.05, 3.63) is 41.0 Å². The third kappa shape index (κ3) is 2.59. The maximum Gasteiger partial charge on any atom is 0.134 e. The molecule has 1 saturated heterocycles. The lowest BCUT2D eigenvalue weighted by Gasteiger charge is -2.28. The van der Waals surface area contributed by atoms with Gasteiger partial charge in [0.1, 0.15) is 5.15 Å². The van der Waals surface area contributed by atoms with E-state index in [1.165, 1.54) is 0 Å². The summed E-state index contributed by atoms with van der Waals surface area (Å²) >= 11 is 6.29. The summed E-state index contributed by atoms with van der Waals surface area (Å²) in [6.07, 6.45) is 1.98. The monoisotopic (exact) mass is 276 g/mol. The van der Waals surface area contributed by atoms with Crippen LogP contribution in [-0.4, -0.2) is 18.2 Å². The quantitative estimate of drug-likeness (QED) is 0.856. The van der Waals surface area contributed by atoms with E-state index >= 15 is 0 Å². The summed E-state index contributed by atoms with van der Waals surface area (Å²) in [5.74, 6) is 0.425. The van der Waals surface area contributed by atoms with Gasteiger partial charge in [-0.25, -0.2) is 4.98 Å². The number of pyridine rings is 1. The highest BCUT2D eigenvalue weighted by Crippen LogP contribution is 2.32. The fraction of sp³-hybridized carbons (Fsp3) is 0.400. The highest BCUT2D eigenvalue weighted by Gasteiger charge is 2.24. The van der Waals surface area contributed by atoms with E-state index in [1.54, 1.807) is 0 Å². The van der Waals surface area contributed by atoms with Crippen LogP contribution in [0.1, 0.15) is 24.4 Å². The van der Waals surface area contributed by atoms with Gasteiger partial charge >= 0.3 is 0 Å². The third-order valence-corrected chi connectivity index (χ3v) is 4.14. The van der Waals surface area contributed by atoms with Crippen molar-refractivity contribution in [2.75, 3.05) is 13.2 Å². The topological polar surface area (TPSA) is 48.1 Å². The molecule has 4 heteroatoms. The fourth-order valence-electron chi connectivity index (χ4n) is 2.67. The Morgan fingerprint density at radius 1 is 1.26 bits per heavy atom. The maximum atomic E-state index is 6.38. The van der Waals surface area contributed by atoms with E-state index in [-0.39, 0.29) is 6.04 Å². The second-order valence-corrected chi connectivity index (χ2v) is 5.39. The highest BCUT2D eigenvalue weighted by atomic mass is 35.5. The van der Waals surface area contributed by atoms with Gasteiger partial charge in [-0.1, -0.05) is 29.8 Å². The number of fused-ring (bicyclic) bond motifs is 1. The molecule has 1 aliphatic heterocycles. The predicted octanol–water partition coefficient (Wildman–Crippen LogP) is 3.31. The lowest BCUT2D eigenvalue weighted by Crippen LogP contribution is -2.27. The first-order valence-corrected chi connectivity index (χ1v) is 7.02. The van der Waals surface area contributed by atoms with Gasteiger partial charge in [-0.15, -0.1) is 0 Å². The van der Waals surface area contributed by atoms with E-state index in [0.29, 0.717) is 11.1 Å². The van der Waals surface area contributed by atoms with Crippen LogP contribution >= 0.6 is 11.6 Å². The van der Waals surface area contributed by atoms with E-state index in [0.717, 1.165) is 42.5 Å².